The zero-order valence-electron chi connectivity index (χ0n) is 2.22. The molecule has 0 spiro atoms. The molecule has 0 unspecified atom stereocenters. The summed E-state index contributed by atoms with van der Waals surface area (Å²) in [5.74, 6) is 0. The zero-order valence-corrected chi connectivity index (χ0v) is 14.6. The van der Waals surface area contributed by atoms with Gasteiger partial charge in [-0.3, -0.25) is 0 Å². The van der Waals surface area contributed by atoms with E-state index in [1.807, 2.05) is 0 Å². The Morgan fingerprint density at radius 2 is 1.00 bits per heavy atom. The molecule has 0 nitrogen and oxygen atoms in total. The molecule has 5 radical (unpaired) electrons. The second-order valence-corrected chi connectivity index (χ2v) is 0. The predicted molar refractivity (Wildman–Crippen MR) is 5.75 cm³/mol. The third kappa shape index (κ3) is 8.96. The van der Waals surface area contributed by atoms with E-state index in [2.05, 4.69) is 0 Å². The fourth-order valence-corrected chi connectivity index (χ4v) is 0. The summed E-state index contributed by atoms with van der Waals surface area (Å²) in [4.78, 5) is 0. The minimum absolute atomic E-state index is 0. The molecule has 0 bridgehead atoms. The van der Waals surface area contributed by atoms with E-state index < -0.39 is 0 Å². The average molecular weight is 493 g/mol. The van der Waals surface area contributed by atoms with Crippen LogP contribution >= 0.6 is 0 Å². The van der Waals surface area contributed by atoms with Gasteiger partial charge in [0.1, 0.15) is 0 Å². The van der Waals surface area contributed by atoms with Crippen molar-refractivity contribution in [1.82, 2.24) is 0 Å². The van der Waals surface area contributed by atoms with Gasteiger partial charge < -0.3 is 0 Å². The minimum Gasteiger partial charge on any atom is 0 e. The largest absolute Gasteiger partial charge is 0 e. The second-order valence-electron chi connectivity index (χ2n) is 0. The third-order valence-electron chi connectivity index (χ3n) is 0. The first-order chi connectivity index (χ1) is 0. The maximum absolute atomic E-state index is 0. The molecule has 0 fully saturated rings. The first kappa shape index (κ1) is 27.0. The van der Waals surface area contributed by atoms with Crippen LogP contribution in [0.3, 0.4) is 0 Å². The van der Waals surface area contributed by atoms with Crippen LogP contribution in [0.4, 0.5) is 0 Å². The average Bonchev–Trinajstić information content (AvgIpc) is 0. The van der Waals surface area contributed by atoms with Crippen LogP contribution < -0.4 is 0 Å². The van der Waals surface area contributed by atoms with E-state index >= 15 is 0 Å². The summed E-state index contributed by atoms with van der Waals surface area (Å²) < 4.78 is 0. The Morgan fingerprint density at radius 1 is 1.00 bits per heavy atom. The fraction of sp³-hybridized carbons (Fsp3) is 0. The molecule has 4 heavy (non-hydrogen) atoms. The molecule has 0 aliphatic heterocycles. The molecule has 0 saturated heterocycles. The zero-order chi connectivity index (χ0) is 0. The van der Waals surface area contributed by atoms with Crippen LogP contribution in [0, 0.1) is 0 Å². The van der Waals surface area contributed by atoms with Crippen molar-refractivity contribution in [3.05, 3.63) is 0 Å². The minimum atomic E-state index is 0. The van der Waals surface area contributed by atoms with Crippen LogP contribution in [-0.4, -0.2) is 27.3 Å². The molecule has 0 N–H and O–H groups in total. The maximum Gasteiger partial charge on any atom is 0 e. The van der Waals surface area contributed by atoms with Gasteiger partial charge in [0.15, 0.2) is 0 Å². The van der Waals surface area contributed by atoms with Gasteiger partial charge in [-0.15, -0.1) is 0 Å². The van der Waals surface area contributed by atoms with E-state index in [9.17, 15) is 0 Å². The van der Waals surface area contributed by atoms with Crippen molar-refractivity contribution in [2.75, 3.05) is 0 Å². The van der Waals surface area contributed by atoms with Crippen molar-refractivity contribution in [3.63, 3.8) is 0 Å². The van der Waals surface area contributed by atoms with Gasteiger partial charge in [0.05, 0.1) is 0 Å². The van der Waals surface area contributed by atoms with Crippen molar-refractivity contribution in [3.8, 4) is 0 Å². The maximum atomic E-state index is 0. The van der Waals surface area contributed by atoms with E-state index in [0.717, 1.165) is 0 Å². The van der Waals surface area contributed by atoms with Gasteiger partial charge in [-0.2, -0.15) is 0 Å². The normalized spacial score (nSPS) is 0. The Labute approximate surface area is 94.5 Å². The second kappa shape index (κ2) is 16.4. The van der Waals surface area contributed by atoms with Crippen molar-refractivity contribution in [1.29, 1.82) is 0 Å². The standard InChI is InChI=1S/Ag.Cd.Pb.Zn. The molecule has 0 aliphatic carbocycles. The van der Waals surface area contributed by atoms with E-state index in [4.69, 9.17) is 0 Å². The quantitative estimate of drug-likeness (QED) is 0.404. The molecule has 0 aromatic carbocycles. The van der Waals surface area contributed by atoms with Gasteiger partial charge in [0.2, 0.25) is 0 Å². The van der Waals surface area contributed by atoms with Gasteiger partial charge in [-0.05, 0) is 0 Å². The van der Waals surface area contributed by atoms with Crippen molar-refractivity contribution in [2.45, 2.75) is 0 Å². The molecular formula is AgCdPbZn. The SMILES string of the molecule is [Ag].[Cd].[Pb].[Zn]. The third-order valence-corrected chi connectivity index (χ3v) is 0. The summed E-state index contributed by atoms with van der Waals surface area (Å²) >= 11 is 0. The molecule has 0 atom stereocenters. The molecule has 0 rings (SSSR count). The first-order valence-corrected chi connectivity index (χ1v) is 0. The monoisotopic (exact) mass is 493 g/mol. The number of rotatable bonds is 0. The van der Waals surface area contributed by atoms with Crippen LogP contribution in [-0.2, 0) is 69.2 Å². The summed E-state index contributed by atoms with van der Waals surface area (Å²) in [7, 11) is 0. The Morgan fingerprint density at radius 3 is 1.00 bits per heavy atom. The Balaban J connectivity index is 0. The molecule has 4 heteroatoms. The van der Waals surface area contributed by atoms with Crippen LogP contribution in [0.25, 0.3) is 0 Å². The predicted octanol–water partition coefficient (Wildman–Crippen LogP) is -0.388. The van der Waals surface area contributed by atoms with E-state index in [1.54, 1.807) is 0 Å². The molecule has 0 saturated carbocycles. The Kier molecular flexibility index (Phi) is 110. The topological polar surface area (TPSA) is 0 Å². The van der Waals surface area contributed by atoms with Gasteiger partial charge in [0, 0.05) is 96.5 Å². The molecule has 0 heterocycles. The van der Waals surface area contributed by atoms with Crippen LogP contribution in [0.15, 0.2) is 0 Å². The molecule has 19 valence electrons. The first-order valence-electron chi connectivity index (χ1n) is 0. The molecule has 0 aliphatic rings. The molecule has 0 aromatic heterocycles. The summed E-state index contributed by atoms with van der Waals surface area (Å²) in [6, 6.07) is 0. The van der Waals surface area contributed by atoms with E-state index in [-0.39, 0.29) is 96.5 Å². The molecule has 0 aromatic rings. The van der Waals surface area contributed by atoms with Gasteiger partial charge in [-0.1, -0.05) is 0 Å². The van der Waals surface area contributed by atoms with Gasteiger partial charge >= 0.3 is 0 Å². The van der Waals surface area contributed by atoms with Crippen molar-refractivity contribution < 1.29 is 69.2 Å². The van der Waals surface area contributed by atoms with Crippen LogP contribution in [0.5, 0.6) is 0 Å². The summed E-state index contributed by atoms with van der Waals surface area (Å²) in [5, 5.41) is 0. The van der Waals surface area contributed by atoms with E-state index in [0.29, 0.717) is 0 Å². The smallest absolute Gasteiger partial charge is 0 e. The number of hydrogen-bond donors (Lipinski definition) is 0. The molecule has 0 amide bonds. The van der Waals surface area contributed by atoms with Crippen molar-refractivity contribution in [2.24, 2.45) is 0 Å². The van der Waals surface area contributed by atoms with Crippen LogP contribution in [0.2, 0.25) is 0 Å². The molecular weight excluding hydrogens is 493 g/mol. The summed E-state index contributed by atoms with van der Waals surface area (Å²) in [6.07, 6.45) is 0. The Bertz CT molecular complexity index is 8.00. The fourth-order valence-electron chi connectivity index (χ4n) is 0. The van der Waals surface area contributed by atoms with Gasteiger partial charge in [-0.25, -0.2) is 0 Å². The summed E-state index contributed by atoms with van der Waals surface area (Å²) in [5.41, 5.74) is 0. The van der Waals surface area contributed by atoms with Gasteiger partial charge in [0.25, 0.3) is 0 Å². The van der Waals surface area contributed by atoms with E-state index in [1.165, 1.54) is 0 Å². The summed E-state index contributed by atoms with van der Waals surface area (Å²) in [6.45, 7) is 0. The number of hydrogen-bond acceptors (Lipinski definition) is 0. The van der Waals surface area contributed by atoms with Crippen LogP contribution in [0.1, 0.15) is 0 Å². The van der Waals surface area contributed by atoms with Crippen molar-refractivity contribution >= 4 is 27.3 Å². The Hall–Kier alpha value is 3.21.